The van der Waals surface area contributed by atoms with Gasteiger partial charge in [0.05, 0.1) is 24.6 Å². The number of carbonyl (C=O) groups excluding carboxylic acids is 1. The number of hydrogen-bond donors (Lipinski definition) is 2. The van der Waals surface area contributed by atoms with E-state index in [1.54, 1.807) is 13.2 Å². The van der Waals surface area contributed by atoms with Crippen molar-refractivity contribution in [3.63, 3.8) is 0 Å². The molecule has 0 aliphatic rings. The molecule has 1 aromatic carbocycles. The number of benzene rings is 1. The molecule has 0 fully saturated rings. The summed E-state index contributed by atoms with van der Waals surface area (Å²) in [6.45, 7) is 0. The van der Waals surface area contributed by atoms with Crippen LogP contribution in [0.4, 0.5) is 17.2 Å². The molecular formula is C14H16N4O2. The van der Waals surface area contributed by atoms with Gasteiger partial charge in [-0.3, -0.25) is 4.79 Å². The van der Waals surface area contributed by atoms with E-state index in [1.165, 1.54) is 6.20 Å². The summed E-state index contributed by atoms with van der Waals surface area (Å²) in [7, 11) is 3.45. The molecule has 0 saturated carbocycles. The van der Waals surface area contributed by atoms with Crippen LogP contribution in [0.2, 0.25) is 0 Å². The maximum atomic E-state index is 11.3. The number of amides is 1. The van der Waals surface area contributed by atoms with Crippen LogP contribution in [0.5, 0.6) is 5.75 Å². The molecule has 2 rings (SSSR count). The molecule has 0 aliphatic carbocycles. The van der Waals surface area contributed by atoms with Gasteiger partial charge in [0.1, 0.15) is 11.6 Å². The Morgan fingerprint density at radius 2 is 1.95 bits per heavy atom. The highest BCUT2D eigenvalue weighted by Crippen LogP contribution is 2.25. The van der Waals surface area contributed by atoms with Crippen molar-refractivity contribution >= 4 is 23.1 Å². The molecule has 0 unspecified atom stereocenters. The SMILES string of the molecule is COc1ccc(N(C)c2cc(C(N)=O)c(N)cn2)cc1. The summed E-state index contributed by atoms with van der Waals surface area (Å²) in [6, 6.07) is 9.04. The number of nitrogens with two attached hydrogens (primary N) is 2. The van der Waals surface area contributed by atoms with Crippen molar-refractivity contribution < 1.29 is 9.53 Å². The third kappa shape index (κ3) is 2.64. The molecule has 0 bridgehead atoms. The number of aromatic nitrogens is 1. The summed E-state index contributed by atoms with van der Waals surface area (Å²) in [5, 5.41) is 0. The first-order valence-electron chi connectivity index (χ1n) is 5.96. The second kappa shape index (κ2) is 5.48. The van der Waals surface area contributed by atoms with Crippen molar-refractivity contribution in [2.45, 2.75) is 0 Å². The maximum Gasteiger partial charge on any atom is 0.250 e. The Morgan fingerprint density at radius 3 is 2.50 bits per heavy atom. The van der Waals surface area contributed by atoms with E-state index >= 15 is 0 Å². The van der Waals surface area contributed by atoms with Gasteiger partial charge in [0.2, 0.25) is 0 Å². The fourth-order valence-electron chi connectivity index (χ4n) is 1.79. The van der Waals surface area contributed by atoms with Crippen LogP contribution in [0.15, 0.2) is 36.5 Å². The minimum Gasteiger partial charge on any atom is -0.497 e. The summed E-state index contributed by atoms with van der Waals surface area (Å²) in [5.74, 6) is 0.776. The third-order valence-corrected chi connectivity index (χ3v) is 2.99. The highest BCUT2D eigenvalue weighted by atomic mass is 16.5. The van der Waals surface area contributed by atoms with Crippen LogP contribution in [-0.4, -0.2) is 25.0 Å². The van der Waals surface area contributed by atoms with Crippen LogP contribution >= 0.6 is 0 Å². The van der Waals surface area contributed by atoms with E-state index in [4.69, 9.17) is 16.2 Å². The Balaban J connectivity index is 2.34. The third-order valence-electron chi connectivity index (χ3n) is 2.99. The van der Waals surface area contributed by atoms with Gasteiger partial charge in [-0.25, -0.2) is 4.98 Å². The lowest BCUT2D eigenvalue weighted by Gasteiger charge is -2.19. The number of nitrogens with zero attached hydrogens (tertiary/aromatic N) is 2. The number of pyridine rings is 1. The highest BCUT2D eigenvalue weighted by molar-refractivity contribution is 5.98. The first kappa shape index (κ1) is 13.7. The van der Waals surface area contributed by atoms with Crippen molar-refractivity contribution in [1.29, 1.82) is 0 Å². The van der Waals surface area contributed by atoms with Gasteiger partial charge in [0.25, 0.3) is 5.91 Å². The van der Waals surface area contributed by atoms with Gasteiger partial charge in [-0.2, -0.15) is 0 Å². The number of primary amides is 1. The molecule has 0 radical (unpaired) electrons. The fraction of sp³-hybridized carbons (Fsp3) is 0.143. The van der Waals surface area contributed by atoms with Crippen molar-refractivity contribution in [1.82, 2.24) is 4.98 Å². The summed E-state index contributed by atoms with van der Waals surface area (Å²) in [6.07, 6.45) is 1.43. The minimum absolute atomic E-state index is 0.260. The summed E-state index contributed by atoms with van der Waals surface area (Å²) in [5.41, 5.74) is 12.4. The Labute approximate surface area is 117 Å². The van der Waals surface area contributed by atoms with Crippen LogP contribution < -0.4 is 21.1 Å². The number of anilines is 3. The van der Waals surface area contributed by atoms with Crippen molar-refractivity contribution in [2.24, 2.45) is 5.73 Å². The van der Waals surface area contributed by atoms with Gasteiger partial charge in [0, 0.05) is 12.7 Å². The molecule has 0 atom stereocenters. The van der Waals surface area contributed by atoms with Crippen molar-refractivity contribution in [3.8, 4) is 5.75 Å². The average Bonchev–Trinajstić information content (AvgIpc) is 2.47. The Bertz CT molecular complexity index is 626. The van der Waals surface area contributed by atoms with Gasteiger partial charge in [-0.15, -0.1) is 0 Å². The zero-order valence-corrected chi connectivity index (χ0v) is 11.3. The van der Waals surface area contributed by atoms with E-state index < -0.39 is 5.91 Å². The smallest absolute Gasteiger partial charge is 0.250 e. The van der Waals surface area contributed by atoms with Crippen LogP contribution in [-0.2, 0) is 0 Å². The molecular weight excluding hydrogens is 256 g/mol. The first-order chi connectivity index (χ1) is 9.52. The molecule has 0 saturated heterocycles. The van der Waals surface area contributed by atoms with Gasteiger partial charge in [-0.05, 0) is 30.3 Å². The van der Waals surface area contributed by atoms with Gasteiger partial charge < -0.3 is 21.1 Å². The number of carbonyl (C=O) groups is 1. The normalized spacial score (nSPS) is 10.1. The predicted molar refractivity (Wildman–Crippen MR) is 78.2 cm³/mol. The molecule has 1 amide bonds. The Morgan fingerprint density at radius 1 is 1.30 bits per heavy atom. The van der Waals surface area contributed by atoms with Gasteiger partial charge >= 0.3 is 0 Å². The molecule has 6 nitrogen and oxygen atoms in total. The maximum absolute atomic E-state index is 11.3. The number of methoxy groups -OCH3 is 1. The number of ether oxygens (including phenoxy) is 1. The predicted octanol–water partition coefficient (Wildman–Crippen LogP) is 1.54. The molecule has 1 heterocycles. The highest BCUT2D eigenvalue weighted by Gasteiger charge is 2.11. The number of nitrogen functional groups attached to an aromatic ring is 1. The van der Waals surface area contributed by atoms with E-state index in [-0.39, 0.29) is 11.3 Å². The van der Waals surface area contributed by atoms with Crippen molar-refractivity contribution in [3.05, 3.63) is 42.1 Å². The topological polar surface area (TPSA) is 94.5 Å². The van der Waals surface area contributed by atoms with E-state index in [0.717, 1.165) is 11.4 Å². The number of rotatable bonds is 4. The van der Waals surface area contributed by atoms with E-state index in [0.29, 0.717) is 5.82 Å². The molecule has 104 valence electrons. The van der Waals surface area contributed by atoms with Crippen LogP contribution in [0, 0.1) is 0 Å². The zero-order valence-electron chi connectivity index (χ0n) is 11.3. The Kier molecular flexibility index (Phi) is 3.74. The lowest BCUT2D eigenvalue weighted by molar-refractivity contribution is 0.100. The van der Waals surface area contributed by atoms with E-state index in [2.05, 4.69) is 4.98 Å². The fourth-order valence-corrected chi connectivity index (χ4v) is 1.79. The lowest BCUT2D eigenvalue weighted by atomic mass is 10.2. The summed E-state index contributed by atoms with van der Waals surface area (Å²) < 4.78 is 5.11. The number of hydrogen-bond acceptors (Lipinski definition) is 5. The Hall–Kier alpha value is -2.76. The molecule has 1 aromatic heterocycles. The van der Waals surface area contributed by atoms with Crippen LogP contribution in [0.25, 0.3) is 0 Å². The molecule has 0 aliphatic heterocycles. The average molecular weight is 272 g/mol. The van der Waals surface area contributed by atoms with Crippen LogP contribution in [0.3, 0.4) is 0 Å². The molecule has 0 spiro atoms. The first-order valence-corrected chi connectivity index (χ1v) is 5.96. The second-order valence-electron chi connectivity index (χ2n) is 4.25. The van der Waals surface area contributed by atoms with Gasteiger partial charge in [-0.1, -0.05) is 0 Å². The summed E-state index contributed by atoms with van der Waals surface area (Å²) in [4.78, 5) is 17.3. The molecule has 2 aromatic rings. The van der Waals surface area contributed by atoms with E-state index in [9.17, 15) is 4.79 Å². The molecule has 20 heavy (non-hydrogen) atoms. The lowest BCUT2D eigenvalue weighted by Crippen LogP contribution is -2.17. The van der Waals surface area contributed by atoms with Gasteiger partial charge in [0.15, 0.2) is 0 Å². The molecule has 4 N–H and O–H groups in total. The van der Waals surface area contributed by atoms with Crippen molar-refractivity contribution in [2.75, 3.05) is 24.8 Å². The van der Waals surface area contributed by atoms with Crippen LogP contribution in [0.1, 0.15) is 10.4 Å². The standard InChI is InChI=1S/C14H16N4O2/c1-18(9-3-5-10(20-2)6-4-9)13-7-11(14(16)19)12(15)8-17-13/h3-8H,15H2,1-2H3,(H2,16,19). The molecule has 6 heteroatoms. The summed E-state index contributed by atoms with van der Waals surface area (Å²) >= 11 is 0. The second-order valence-corrected chi connectivity index (χ2v) is 4.25. The minimum atomic E-state index is -0.575. The monoisotopic (exact) mass is 272 g/mol. The van der Waals surface area contributed by atoms with E-state index in [1.807, 2.05) is 36.2 Å². The quantitative estimate of drug-likeness (QED) is 0.880. The largest absolute Gasteiger partial charge is 0.497 e. The zero-order chi connectivity index (χ0) is 14.7.